The van der Waals surface area contributed by atoms with Crippen molar-refractivity contribution < 1.29 is 9.90 Å². The molecule has 0 atom stereocenters. The predicted octanol–water partition coefficient (Wildman–Crippen LogP) is 6.74. The highest BCUT2D eigenvalue weighted by Gasteiger charge is 2.25. The van der Waals surface area contributed by atoms with Gasteiger partial charge < -0.3 is 5.11 Å². The van der Waals surface area contributed by atoms with E-state index in [4.69, 9.17) is 4.99 Å². The number of aromatic hydroxyl groups is 1. The van der Waals surface area contributed by atoms with Crippen molar-refractivity contribution in [3.63, 3.8) is 0 Å². The normalized spacial score (nSPS) is 11.3. The Hall–Kier alpha value is -4.18. The van der Waals surface area contributed by atoms with Crippen LogP contribution in [0.5, 0.6) is 5.75 Å². The zero-order valence-electron chi connectivity index (χ0n) is 19.0. The Morgan fingerprint density at radius 3 is 1.64 bits per heavy atom. The highest BCUT2D eigenvalue weighted by atomic mass is 16.3. The zero-order valence-corrected chi connectivity index (χ0v) is 19.0. The van der Waals surface area contributed by atoms with Gasteiger partial charge in [0.15, 0.2) is 0 Å². The fourth-order valence-corrected chi connectivity index (χ4v) is 3.45. The van der Waals surface area contributed by atoms with Gasteiger partial charge in [0.1, 0.15) is 11.6 Å². The lowest BCUT2D eigenvalue weighted by Gasteiger charge is -2.25. The van der Waals surface area contributed by atoms with Crippen molar-refractivity contribution in [1.82, 2.24) is 0 Å². The molecule has 4 nitrogen and oxygen atoms in total. The summed E-state index contributed by atoms with van der Waals surface area (Å²) in [6, 6.07) is 30.0. The molecule has 0 radical (unpaired) electrons. The van der Waals surface area contributed by atoms with Crippen LogP contribution in [0.1, 0.15) is 32.6 Å². The molecule has 0 saturated carbocycles. The molecular weight excluding hydrogens is 408 g/mol. The molecule has 4 rings (SSSR count). The predicted molar refractivity (Wildman–Crippen MR) is 135 cm³/mol. The Morgan fingerprint density at radius 1 is 0.636 bits per heavy atom. The Balaban J connectivity index is 1.92. The van der Waals surface area contributed by atoms with Gasteiger partial charge in [-0.3, -0.25) is 9.69 Å². The highest BCUT2D eigenvalue weighted by Crippen LogP contribution is 2.25. The second-order valence-corrected chi connectivity index (χ2v) is 8.16. The first-order valence-electron chi connectivity index (χ1n) is 10.8. The Bertz CT molecular complexity index is 1270. The Kier molecular flexibility index (Phi) is 6.36. The molecule has 0 saturated heterocycles. The van der Waals surface area contributed by atoms with Crippen molar-refractivity contribution in [2.45, 2.75) is 20.8 Å². The van der Waals surface area contributed by atoms with Gasteiger partial charge in [-0.2, -0.15) is 0 Å². The average Bonchev–Trinajstić information content (AvgIpc) is 2.82. The number of anilines is 1. The van der Waals surface area contributed by atoms with Gasteiger partial charge in [-0.1, -0.05) is 65.2 Å². The molecule has 0 heterocycles. The minimum absolute atomic E-state index is 0.112. The lowest BCUT2D eigenvalue weighted by Crippen LogP contribution is -2.37. The molecule has 0 aliphatic heterocycles. The van der Waals surface area contributed by atoms with Crippen LogP contribution >= 0.6 is 0 Å². The van der Waals surface area contributed by atoms with Gasteiger partial charge in [-0.25, -0.2) is 4.99 Å². The molecule has 4 heteroatoms. The Morgan fingerprint density at radius 2 is 1.09 bits per heavy atom. The summed E-state index contributed by atoms with van der Waals surface area (Å²) in [4.78, 5) is 20.4. The van der Waals surface area contributed by atoms with Gasteiger partial charge in [0.25, 0.3) is 5.91 Å². The van der Waals surface area contributed by atoms with E-state index < -0.39 is 0 Å². The van der Waals surface area contributed by atoms with Crippen LogP contribution in [0.3, 0.4) is 0 Å². The topological polar surface area (TPSA) is 52.9 Å². The molecule has 0 spiro atoms. The minimum atomic E-state index is -0.231. The summed E-state index contributed by atoms with van der Waals surface area (Å²) in [6.45, 7) is 6.07. The molecule has 164 valence electrons. The van der Waals surface area contributed by atoms with E-state index in [1.165, 1.54) is 12.1 Å². The first-order valence-corrected chi connectivity index (χ1v) is 10.8. The third-order valence-electron chi connectivity index (χ3n) is 5.40. The molecule has 1 N–H and O–H groups in total. The van der Waals surface area contributed by atoms with Gasteiger partial charge in [0, 0.05) is 11.1 Å². The van der Waals surface area contributed by atoms with Crippen LogP contribution in [0, 0.1) is 20.8 Å². The van der Waals surface area contributed by atoms with Gasteiger partial charge in [0.05, 0.1) is 11.4 Å². The molecule has 0 bridgehead atoms. The van der Waals surface area contributed by atoms with Crippen molar-refractivity contribution in [2.75, 3.05) is 4.90 Å². The largest absolute Gasteiger partial charge is 0.508 e. The summed E-state index contributed by atoms with van der Waals surface area (Å²) in [5, 5.41) is 9.71. The maximum Gasteiger partial charge on any atom is 0.264 e. The fourth-order valence-electron chi connectivity index (χ4n) is 3.45. The summed E-state index contributed by atoms with van der Waals surface area (Å²) in [5.41, 5.74) is 6.12. The summed E-state index contributed by atoms with van der Waals surface area (Å²) in [6.07, 6.45) is 0. The van der Waals surface area contributed by atoms with E-state index >= 15 is 0 Å². The smallest absolute Gasteiger partial charge is 0.264 e. The lowest BCUT2D eigenvalue weighted by molar-refractivity contribution is 0.100. The third kappa shape index (κ3) is 5.18. The first kappa shape index (κ1) is 22.0. The van der Waals surface area contributed by atoms with Crippen LogP contribution < -0.4 is 4.90 Å². The van der Waals surface area contributed by atoms with Crippen LogP contribution in [0.15, 0.2) is 102 Å². The number of amidine groups is 1. The number of aryl methyl sites for hydroxylation is 3. The molecule has 0 aromatic heterocycles. The molecule has 4 aromatic rings. The molecule has 33 heavy (non-hydrogen) atoms. The summed E-state index contributed by atoms with van der Waals surface area (Å²) < 4.78 is 0. The maximum atomic E-state index is 13.8. The Labute approximate surface area is 194 Å². The second kappa shape index (κ2) is 9.53. The third-order valence-corrected chi connectivity index (χ3v) is 5.40. The number of rotatable bonds is 4. The fraction of sp³-hybridized carbons (Fsp3) is 0.103. The van der Waals surface area contributed by atoms with E-state index in [9.17, 15) is 9.90 Å². The molecule has 1 amide bonds. The van der Waals surface area contributed by atoms with Crippen molar-refractivity contribution in [3.05, 3.63) is 125 Å². The van der Waals surface area contributed by atoms with E-state index in [-0.39, 0.29) is 11.7 Å². The number of amides is 1. The SMILES string of the molecule is Cc1ccc(N=C(c2ccc(C)cc2)N(C(=O)c2ccc(O)cc2)c2ccc(C)cc2)cc1. The number of carbonyl (C=O) groups excluding carboxylic acids is 1. The number of hydrogen-bond acceptors (Lipinski definition) is 3. The number of phenolic OH excluding ortho intramolecular Hbond substituents is 1. The number of benzene rings is 4. The van der Waals surface area contributed by atoms with E-state index in [1.807, 2.05) is 93.6 Å². The van der Waals surface area contributed by atoms with Crippen molar-refractivity contribution >= 4 is 23.1 Å². The van der Waals surface area contributed by atoms with Gasteiger partial charge >= 0.3 is 0 Å². The second-order valence-electron chi connectivity index (χ2n) is 8.16. The molecule has 0 unspecified atom stereocenters. The van der Waals surface area contributed by atoms with Crippen LogP contribution in [0.4, 0.5) is 11.4 Å². The average molecular weight is 435 g/mol. The summed E-state index contributed by atoms with van der Waals surface area (Å²) >= 11 is 0. The molecule has 0 fully saturated rings. The van der Waals surface area contributed by atoms with Crippen molar-refractivity contribution in [3.8, 4) is 5.75 Å². The van der Waals surface area contributed by atoms with Crippen LogP contribution in [-0.2, 0) is 0 Å². The number of carbonyl (C=O) groups is 1. The monoisotopic (exact) mass is 434 g/mol. The molecule has 4 aromatic carbocycles. The number of hydrogen-bond donors (Lipinski definition) is 1. The minimum Gasteiger partial charge on any atom is -0.508 e. The van der Waals surface area contributed by atoms with E-state index in [0.29, 0.717) is 17.1 Å². The molecule has 0 aliphatic rings. The van der Waals surface area contributed by atoms with E-state index in [1.54, 1.807) is 17.0 Å². The van der Waals surface area contributed by atoms with Crippen molar-refractivity contribution in [2.24, 2.45) is 4.99 Å². The molecular formula is C29H26N2O2. The number of nitrogens with zero attached hydrogens (tertiary/aromatic N) is 2. The van der Waals surface area contributed by atoms with Gasteiger partial charge in [-0.15, -0.1) is 0 Å². The van der Waals surface area contributed by atoms with E-state index in [0.717, 1.165) is 27.9 Å². The first-order chi connectivity index (χ1) is 15.9. The number of aliphatic imine (C=N–C) groups is 1. The molecule has 0 aliphatic carbocycles. The highest BCUT2D eigenvalue weighted by molar-refractivity contribution is 6.28. The maximum absolute atomic E-state index is 13.8. The van der Waals surface area contributed by atoms with Gasteiger partial charge in [-0.05, 0) is 69.3 Å². The number of phenols is 1. The van der Waals surface area contributed by atoms with Crippen LogP contribution in [0.25, 0.3) is 0 Å². The quantitative estimate of drug-likeness (QED) is 0.285. The van der Waals surface area contributed by atoms with Crippen LogP contribution in [-0.4, -0.2) is 16.8 Å². The lowest BCUT2D eigenvalue weighted by atomic mass is 10.1. The van der Waals surface area contributed by atoms with Gasteiger partial charge in [0.2, 0.25) is 0 Å². The van der Waals surface area contributed by atoms with Crippen molar-refractivity contribution in [1.29, 1.82) is 0 Å². The van der Waals surface area contributed by atoms with Crippen LogP contribution in [0.2, 0.25) is 0 Å². The summed E-state index contributed by atoms with van der Waals surface area (Å²) in [5.74, 6) is 0.409. The standard InChI is InChI=1S/C29H26N2O2/c1-20-4-10-23(11-5-20)28(30-25-14-6-21(2)7-15-25)31(26-16-8-22(3)9-17-26)29(33)24-12-18-27(32)19-13-24/h4-19,32H,1-3H3. The summed E-state index contributed by atoms with van der Waals surface area (Å²) in [7, 11) is 0. The van der Waals surface area contributed by atoms with E-state index in [2.05, 4.69) is 0 Å². The zero-order chi connectivity index (χ0) is 23.4.